The van der Waals surface area contributed by atoms with Gasteiger partial charge in [0.15, 0.2) is 0 Å². The Bertz CT molecular complexity index is 699. The number of rotatable bonds is 3. The molecule has 2 aromatic carbocycles. The molecule has 1 amide bonds. The van der Waals surface area contributed by atoms with Gasteiger partial charge in [0.2, 0.25) is 0 Å². The van der Waals surface area contributed by atoms with E-state index < -0.39 is 23.1 Å². The predicted octanol–water partition coefficient (Wildman–Crippen LogP) is 3.09. The SMILES string of the molecule is Cc1ccc(F)c(C(=O)NCc2cccc(N)c2C)c1F. The van der Waals surface area contributed by atoms with Crippen molar-refractivity contribution in [1.82, 2.24) is 5.32 Å². The van der Waals surface area contributed by atoms with Crippen molar-refractivity contribution in [3.63, 3.8) is 0 Å². The lowest BCUT2D eigenvalue weighted by molar-refractivity contribution is 0.0942. The molecule has 5 heteroatoms. The van der Waals surface area contributed by atoms with Crippen LogP contribution in [0.25, 0.3) is 0 Å². The third-order valence-electron chi connectivity index (χ3n) is 3.44. The number of carbonyl (C=O) groups is 1. The number of amides is 1. The van der Waals surface area contributed by atoms with Gasteiger partial charge in [0.05, 0.1) is 0 Å². The molecule has 0 spiro atoms. The average molecular weight is 290 g/mol. The van der Waals surface area contributed by atoms with Crippen LogP contribution in [0.4, 0.5) is 14.5 Å². The lowest BCUT2D eigenvalue weighted by Crippen LogP contribution is -2.25. The third-order valence-corrected chi connectivity index (χ3v) is 3.44. The number of carbonyl (C=O) groups excluding carboxylic acids is 1. The first-order chi connectivity index (χ1) is 9.91. The highest BCUT2D eigenvalue weighted by molar-refractivity contribution is 5.95. The molecule has 0 radical (unpaired) electrons. The molecule has 0 bridgehead atoms. The summed E-state index contributed by atoms with van der Waals surface area (Å²) in [4.78, 5) is 12.0. The highest BCUT2D eigenvalue weighted by atomic mass is 19.1. The number of benzene rings is 2. The maximum absolute atomic E-state index is 13.9. The molecule has 3 N–H and O–H groups in total. The van der Waals surface area contributed by atoms with E-state index in [1.54, 1.807) is 18.2 Å². The molecule has 0 unspecified atom stereocenters. The van der Waals surface area contributed by atoms with Crippen molar-refractivity contribution < 1.29 is 13.6 Å². The Hall–Kier alpha value is -2.43. The molecule has 21 heavy (non-hydrogen) atoms. The van der Waals surface area contributed by atoms with Crippen LogP contribution in [-0.2, 0) is 6.54 Å². The van der Waals surface area contributed by atoms with Gasteiger partial charge in [0.25, 0.3) is 5.91 Å². The standard InChI is InChI=1S/C16H16F2N2O/c1-9-6-7-12(17)14(15(9)18)16(21)20-8-11-4-3-5-13(19)10(11)2/h3-7H,8,19H2,1-2H3,(H,20,21). The monoisotopic (exact) mass is 290 g/mol. The van der Waals surface area contributed by atoms with Crippen molar-refractivity contribution >= 4 is 11.6 Å². The number of anilines is 1. The van der Waals surface area contributed by atoms with Crippen molar-refractivity contribution in [2.45, 2.75) is 20.4 Å². The highest BCUT2D eigenvalue weighted by Crippen LogP contribution is 2.18. The molecule has 0 fully saturated rings. The van der Waals surface area contributed by atoms with Crippen LogP contribution in [0.3, 0.4) is 0 Å². The molecular weight excluding hydrogens is 274 g/mol. The molecule has 0 aliphatic heterocycles. The van der Waals surface area contributed by atoms with Gasteiger partial charge in [-0.2, -0.15) is 0 Å². The number of nitrogen functional groups attached to an aromatic ring is 1. The van der Waals surface area contributed by atoms with E-state index in [2.05, 4.69) is 5.32 Å². The maximum Gasteiger partial charge on any atom is 0.257 e. The highest BCUT2D eigenvalue weighted by Gasteiger charge is 2.19. The first kappa shape index (κ1) is 15.0. The van der Waals surface area contributed by atoms with E-state index >= 15 is 0 Å². The quantitative estimate of drug-likeness (QED) is 0.853. The minimum Gasteiger partial charge on any atom is -0.399 e. The summed E-state index contributed by atoms with van der Waals surface area (Å²) in [7, 11) is 0. The van der Waals surface area contributed by atoms with Gasteiger partial charge in [-0.15, -0.1) is 0 Å². The summed E-state index contributed by atoms with van der Waals surface area (Å²) in [6.45, 7) is 3.46. The molecule has 2 rings (SSSR count). The zero-order valence-electron chi connectivity index (χ0n) is 11.8. The molecule has 3 nitrogen and oxygen atoms in total. The number of aryl methyl sites for hydroxylation is 1. The van der Waals surface area contributed by atoms with Crippen LogP contribution in [-0.4, -0.2) is 5.91 Å². The zero-order chi connectivity index (χ0) is 15.6. The summed E-state index contributed by atoms with van der Waals surface area (Å²) in [6, 6.07) is 7.69. The molecule has 0 saturated heterocycles. The van der Waals surface area contributed by atoms with E-state index in [-0.39, 0.29) is 12.1 Å². The van der Waals surface area contributed by atoms with Gasteiger partial charge in [-0.3, -0.25) is 4.79 Å². The fourth-order valence-corrected chi connectivity index (χ4v) is 2.02. The van der Waals surface area contributed by atoms with Crippen molar-refractivity contribution in [2.24, 2.45) is 0 Å². The number of hydrogen-bond donors (Lipinski definition) is 2. The first-order valence-corrected chi connectivity index (χ1v) is 6.48. The minimum absolute atomic E-state index is 0.155. The van der Waals surface area contributed by atoms with Gasteiger partial charge in [0.1, 0.15) is 17.2 Å². The Kier molecular flexibility index (Phi) is 4.21. The van der Waals surface area contributed by atoms with Crippen molar-refractivity contribution in [3.8, 4) is 0 Å². The Morgan fingerprint density at radius 3 is 2.62 bits per heavy atom. The van der Waals surface area contributed by atoms with Gasteiger partial charge in [-0.05, 0) is 42.7 Å². The lowest BCUT2D eigenvalue weighted by Gasteiger charge is -2.11. The van der Waals surface area contributed by atoms with E-state index in [1.165, 1.54) is 13.0 Å². The summed E-state index contributed by atoms with van der Waals surface area (Å²) in [5.41, 5.74) is 7.68. The zero-order valence-corrected chi connectivity index (χ0v) is 11.8. The molecule has 2 aromatic rings. The van der Waals surface area contributed by atoms with Gasteiger partial charge in [-0.25, -0.2) is 8.78 Å². The summed E-state index contributed by atoms with van der Waals surface area (Å²) in [5, 5.41) is 2.52. The van der Waals surface area contributed by atoms with E-state index in [9.17, 15) is 13.6 Å². The Labute approximate surface area is 121 Å². The van der Waals surface area contributed by atoms with Crippen LogP contribution in [0.1, 0.15) is 27.0 Å². The third kappa shape index (κ3) is 3.02. The molecule has 0 aliphatic rings. The second-order valence-corrected chi connectivity index (χ2v) is 4.87. The largest absolute Gasteiger partial charge is 0.399 e. The number of halogens is 2. The lowest BCUT2D eigenvalue weighted by atomic mass is 10.1. The second kappa shape index (κ2) is 5.91. The van der Waals surface area contributed by atoms with Crippen molar-refractivity contribution in [1.29, 1.82) is 0 Å². The smallest absolute Gasteiger partial charge is 0.257 e. The first-order valence-electron chi connectivity index (χ1n) is 6.48. The van der Waals surface area contributed by atoms with E-state index in [0.29, 0.717) is 5.69 Å². The van der Waals surface area contributed by atoms with Gasteiger partial charge >= 0.3 is 0 Å². The van der Waals surface area contributed by atoms with Crippen LogP contribution in [0.5, 0.6) is 0 Å². The van der Waals surface area contributed by atoms with Crippen molar-refractivity contribution in [3.05, 3.63) is 64.2 Å². The number of nitrogens with one attached hydrogen (secondary N) is 1. The average Bonchev–Trinajstić information content (AvgIpc) is 2.45. The summed E-state index contributed by atoms with van der Waals surface area (Å²) in [6.07, 6.45) is 0. The molecular formula is C16H16F2N2O. The Balaban J connectivity index is 2.20. The van der Waals surface area contributed by atoms with E-state index in [4.69, 9.17) is 5.73 Å². The van der Waals surface area contributed by atoms with Crippen LogP contribution in [0, 0.1) is 25.5 Å². The number of nitrogens with two attached hydrogens (primary N) is 1. The van der Waals surface area contributed by atoms with Crippen LogP contribution < -0.4 is 11.1 Å². The number of hydrogen-bond acceptors (Lipinski definition) is 2. The van der Waals surface area contributed by atoms with E-state index in [1.807, 2.05) is 6.92 Å². The summed E-state index contributed by atoms with van der Waals surface area (Å²) >= 11 is 0. The fourth-order valence-electron chi connectivity index (χ4n) is 2.02. The van der Waals surface area contributed by atoms with Crippen LogP contribution in [0.15, 0.2) is 30.3 Å². The molecule has 0 aliphatic carbocycles. The maximum atomic E-state index is 13.9. The molecule has 0 saturated carbocycles. The molecule has 0 atom stereocenters. The van der Waals surface area contributed by atoms with Crippen LogP contribution in [0.2, 0.25) is 0 Å². The molecule has 0 aromatic heterocycles. The minimum atomic E-state index is -0.875. The van der Waals surface area contributed by atoms with Gasteiger partial charge in [-0.1, -0.05) is 18.2 Å². The second-order valence-electron chi connectivity index (χ2n) is 4.87. The fraction of sp³-hybridized carbons (Fsp3) is 0.188. The van der Waals surface area contributed by atoms with Crippen molar-refractivity contribution in [2.75, 3.05) is 5.73 Å². The molecule has 0 heterocycles. The summed E-state index contributed by atoms with van der Waals surface area (Å²) < 4.78 is 27.5. The van der Waals surface area contributed by atoms with Gasteiger partial charge < -0.3 is 11.1 Å². The normalized spacial score (nSPS) is 10.5. The van der Waals surface area contributed by atoms with Gasteiger partial charge in [0, 0.05) is 12.2 Å². The predicted molar refractivity (Wildman–Crippen MR) is 77.9 cm³/mol. The Morgan fingerprint density at radius 2 is 1.90 bits per heavy atom. The van der Waals surface area contributed by atoms with Crippen LogP contribution >= 0.6 is 0 Å². The molecule has 110 valence electrons. The summed E-state index contributed by atoms with van der Waals surface area (Å²) in [5.74, 6) is -2.49. The van der Waals surface area contributed by atoms with E-state index in [0.717, 1.165) is 17.2 Å². The Morgan fingerprint density at radius 1 is 1.19 bits per heavy atom. The topological polar surface area (TPSA) is 55.1 Å².